The minimum absolute atomic E-state index is 0.171. The molecular formula is C15H20N6OS. The lowest BCUT2D eigenvalue weighted by atomic mass is 9.94. The van der Waals surface area contributed by atoms with Crippen LogP contribution < -0.4 is 16.8 Å². The van der Waals surface area contributed by atoms with E-state index in [-0.39, 0.29) is 11.9 Å². The summed E-state index contributed by atoms with van der Waals surface area (Å²) in [5, 5.41) is 5.43. The van der Waals surface area contributed by atoms with Crippen LogP contribution in [0.3, 0.4) is 0 Å². The molecule has 2 aromatic rings. The molecule has 0 fully saturated rings. The van der Waals surface area contributed by atoms with Crippen LogP contribution in [0.5, 0.6) is 0 Å². The second-order valence-electron chi connectivity index (χ2n) is 5.60. The number of amides is 1. The van der Waals surface area contributed by atoms with Crippen molar-refractivity contribution >= 4 is 28.3 Å². The quantitative estimate of drug-likeness (QED) is 0.711. The van der Waals surface area contributed by atoms with Gasteiger partial charge < -0.3 is 16.8 Å². The Kier molecular flexibility index (Phi) is 4.71. The second-order valence-corrected chi connectivity index (χ2v) is 6.49. The van der Waals surface area contributed by atoms with E-state index < -0.39 is 0 Å². The Balaban J connectivity index is 1.59. The van der Waals surface area contributed by atoms with Gasteiger partial charge in [-0.25, -0.2) is 15.0 Å². The van der Waals surface area contributed by atoms with Crippen molar-refractivity contribution in [1.82, 2.24) is 20.3 Å². The van der Waals surface area contributed by atoms with Gasteiger partial charge in [-0.2, -0.15) is 0 Å². The molecule has 0 aliphatic heterocycles. The first kappa shape index (κ1) is 15.7. The maximum atomic E-state index is 12.4. The van der Waals surface area contributed by atoms with Gasteiger partial charge in [-0.1, -0.05) is 0 Å². The van der Waals surface area contributed by atoms with E-state index in [0.717, 1.165) is 55.5 Å². The van der Waals surface area contributed by atoms with Crippen molar-refractivity contribution in [2.45, 2.75) is 38.5 Å². The van der Waals surface area contributed by atoms with E-state index in [4.69, 9.17) is 11.5 Å². The molecule has 0 saturated heterocycles. The van der Waals surface area contributed by atoms with Gasteiger partial charge in [0.2, 0.25) is 5.95 Å². The number of nitrogens with two attached hydrogens (primary N) is 2. The van der Waals surface area contributed by atoms with E-state index >= 15 is 0 Å². The van der Waals surface area contributed by atoms with Gasteiger partial charge in [0.1, 0.15) is 5.69 Å². The molecule has 0 radical (unpaired) electrons. The largest absolute Gasteiger partial charge is 0.375 e. The molecule has 0 unspecified atom stereocenters. The van der Waals surface area contributed by atoms with Gasteiger partial charge in [-0.3, -0.25) is 4.79 Å². The third kappa shape index (κ3) is 3.76. The zero-order valence-electron chi connectivity index (χ0n) is 12.8. The SMILES string of the molecule is Nc1nc2c(c(C(=O)NCCCc3csc(N)n3)n1)CCCC2. The molecular weight excluding hydrogens is 312 g/mol. The van der Waals surface area contributed by atoms with Crippen molar-refractivity contribution in [1.29, 1.82) is 0 Å². The number of rotatable bonds is 5. The molecule has 0 aromatic carbocycles. The summed E-state index contributed by atoms with van der Waals surface area (Å²) in [4.78, 5) is 25.0. The highest BCUT2D eigenvalue weighted by atomic mass is 32.1. The van der Waals surface area contributed by atoms with Crippen LogP contribution in [0.4, 0.5) is 11.1 Å². The summed E-state index contributed by atoms with van der Waals surface area (Å²) in [6, 6.07) is 0. The summed E-state index contributed by atoms with van der Waals surface area (Å²) >= 11 is 1.43. The van der Waals surface area contributed by atoms with Gasteiger partial charge in [0.05, 0.1) is 5.69 Å². The number of fused-ring (bicyclic) bond motifs is 1. The van der Waals surface area contributed by atoms with Gasteiger partial charge in [-0.15, -0.1) is 11.3 Å². The summed E-state index contributed by atoms with van der Waals surface area (Å²) < 4.78 is 0. The molecule has 2 aromatic heterocycles. The molecule has 1 amide bonds. The van der Waals surface area contributed by atoms with Crippen LogP contribution in [0.25, 0.3) is 0 Å². The van der Waals surface area contributed by atoms with Gasteiger partial charge in [-0.05, 0) is 38.5 Å². The molecule has 5 N–H and O–H groups in total. The summed E-state index contributed by atoms with van der Waals surface area (Å²) in [5.41, 5.74) is 14.6. The molecule has 0 saturated carbocycles. The molecule has 2 heterocycles. The third-order valence-corrected chi connectivity index (χ3v) is 4.60. The smallest absolute Gasteiger partial charge is 0.270 e. The number of anilines is 2. The Hall–Kier alpha value is -2.22. The number of hydrogen-bond donors (Lipinski definition) is 3. The van der Waals surface area contributed by atoms with Crippen molar-refractivity contribution in [2.75, 3.05) is 18.0 Å². The fourth-order valence-corrected chi connectivity index (χ4v) is 3.39. The second kappa shape index (κ2) is 6.91. The molecule has 23 heavy (non-hydrogen) atoms. The fourth-order valence-electron chi connectivity index (χ4n) is 2.79. The Bertz CT molecular complexity index is 714. The monoisotopic (exact) mass is 332 g/mol. The van der Waals surface area contributed by atoms with Gasteiger partial charge >= 0.3 is 0 Å². The number of aryl methyl sites for hydroxylation is 2. The highest BCUT2D eigenvalue weighted by molar-refractivity contribution is 7.13. The van der Waals surface area contributed by atoms with Crippen molar-refractivity contribution in [3.8, 4) is 0 Å². The minimum atomic E-state index is -0.171. The van der Waals surface area contributed by atoms with E-state index in [1.54, 1.807) is 0 Å². The van der Waals surface area contributed by atoms with Crippen LogP contribution in [0.15, 0.2) is 5.38 Å². The molecule has 0 bridgehead atoms. The van der Waals surface area contributed by atoms with Crippen molar-refractivity contribution in [2.24, 2.45) is 0 Å². The van der Waals surface area contributed by atoms with Crippen LogP contribution in [0.2, 0.25) is 0 Å². The number of aromatic nitrogens is 3. The summed E-state index contributed by atoms with van der Waals surface area (Å²) in [6.07, 6.45) is 5.45. The summed E-state index contributed by atoms with van der Waals surface area (Å²) in [5.74, 6) is 0.00351. The first-order chi connectivity index (χ1) is 11.1. The number of nitrogens with zero attached hydrogens (tertiary/aromatic N) is 3. The highest BCUT2D eigenvalue weighted by Crippen LogP contribution is 2.22. The number of nitrogens with one attached hydrogen (secondary N) is 1. The van der Waals surface area contributed by atoms with Gasteiger partial charge in [0.15, 0.2) is 5.13 Å². The average molecular weight is 332 g/mol. The predicted molar refractivity (Wildman–Crippen MR) is 90.3 cm³/mol. The number of thiazole rings is 1. The fraction of sp³-hybridized carbons (Fsp3) is 0.467. The lowest BCUT2D eigenvalue weighted by molar-refractivity contribution is 0.0946. The first-order valence-electron chi connectivity index (χ1n) is 7.77. The topological polar surface area (TPSA) is 120 Å². The van der Waals surface area contributed by atoms with Crippen molar-refractivity contribution in [3.05, 3.63) is 28.0 Å². The molecule has 8 heteroatoms. The van der Waals surface area contributed by atoms with Crippen LogP contribution >= 0.6 is 11.3 Å². The molecule has 1 aliphatic carbocycles. The van der Waals surface area contributed by atoms with E-state index in [1.165, 1.54) is 11.3 Å². The van der Waals surface area contributed by atoms with Crippen LogP contribution in [-0.2, 0) is 19.3 Å². The first-order valence-corrected chi connectivity index (χ1v) is 8.65. The number of carbonyl (C=O) groups excluding carboxylic acids is 1. The molecule has 0 spiro atoms. The molecule has 0 atom stereocenters. The van der Waals surface area contributed by atoms with Gasteiger partial charge in [0, 0.05) is 23.2 Å². The van der Waals surface area contributed by atoms with E-state index in [1.807, 2.05) is 5.38 Å². The maximum Gasteiger partial charge on any atom is 0.270 e. The number of carbonyl (C=O) groups is 1. The number of nitrogen functional groups attached to an aromatic ring is 2. The van der Waals surface area contributed by atoms with E-state index in [2.05, 4.69) is 20.3 Å². The standard InChI is InChI=1S/C15H20N6OS/c16-14-20-11-6-2-1-5-10(11)12(21-14)13(22)18-7-3-4-9-8-23-15(17)19-9/h8H,1-7H2,(H2,17,19)(H,18,22)(H2,16,20,21). The zero-order chi connectivity index (χ0) is 16.2. The van der Waals surface area contributed by atoms with Crippen LogP contribution in [-0.4, -0.2) is 27.4 Å². The maximum absolute atomic E-state index is 12.4. The molecule has 7 nitrogen and oxygen atoms in total. The zero-order valence-corrected chi connectivity index (χ0v) is 13.7. The van der Waals surface area contributed by atoms with Crippen molar-refractivity contribution < 1.29 is 4.79 Å². The highest BCUT2D eigenvalue weighted by Gasteiger charge is 2.21. The molecule has 1 aliphatic rings. The van der Waals surface area contributed by atoms with Crippen LogP contribution in [0, 0.1) is 0 Å². The summed E-state index contributed by atoms with van der Waals surface area (Å²) in [7, 11) is 0. The third-order valence-electron chi connectivity index (χ3n) is 3.88. The minimum Gasteiger partial charge on any atom is -0.375 e. The Morgan fingerprint density at radius 3 is 2.83 bits per heavy atom. The molecule has 122 valence electrons. The Labute approximate surface area is 138 Å². The van der Waals surface area contributed by atoms with Gasteiger partial charge in [0.25, 0.3) is 5.91 Å². The summed E-state index contributed by atoms with van der Waals surface area (Å²) in [6.45, 7) is 0.564. The lowest BCUT2D eigenvalue weighted by Gasteiger charge is -2.17. The van der Waals surface area contributed by atoms with Crippen LogP contribution in [0.1, 0.15) is 46.7 Å². The Morgan fingerprint density at radius 1 is 1.22 bits per heavy atom. The normalized spacial score (nSPS) is 13.6. The van der Waals surface area contributed by atoms with Crippen molar-refractivity contribution in [3.63, 3.8) is 0 Å². The number of hydrogen-bond acceptors (Lipinski definition) is 7. The molecule has 3 rings (SSSR count). The lowest BCUT2D eigenvalue weighted by Crippen LogP contribution is -2.28. The average Bonchev–Trinajstić information content (AvgIpc) is 2.96. The predicted octanol–water partition coefficient (Wildman–Crippen LogP) is 1.34. The van der Waals surface area contributed by atoms with E-state index in [0.29, 0.717) is 17.4 Å². The Morgan fingerprint density at radius 2 is 2.04 bits per heavy atom. The van der Waals surface area contributed by atoms with E-state index in [9.17, 15) is 4.79 Å².